The minimum absolute atomic E-state index is 0.319. The van der Waals surface area contributed by atoms with E-state index in [1.807, 2.05) is 49.4 Å². The zero-order chi connectivity index (χ0) is 19.5. The lowest BCUT2D eigenvalue weighted by Crippen LogP contribution is -1.99. The number of halogens is 1. The fourth-order valence-corrected chi connectivity index (χ4v) is 2.90. The summed E-state index contributed by atoms with van der Waals surface area (Å²) in [6.07, 6.45) is 7.14. The Labute approximate surface area is 167 Å². The molecule has 0 spiro atoms. The van der Waals surface area contributed by atoms with Crippen LogP contribution in [0, 0.1) is 19.3 Å². The van der Waals surface area contributed by atoms with Gasteiger partial charge < -0.3 is 10.1 Å². The normalized spacial score (nSPS) is 10.5. The molecule has 0 aliphatic rings. The van der Waals surface area contributed by atoms with Gasteiger partial charge in [-0.05, 0) is 55.3 Å². The fourth-order valence-electron chi connectivity index (χ4n) is 2.68. The highest BCUT2D eigenvalue weighted by Gasteiger charge is 2.09. The number of anilines is 2. The van der Waals surface area contributed by atoms with Gasteiger partial charge >= 0.3 is 0 Å². The molecule has 0 saturated carbocycles. The smallest absolute Gasteiger partial charge is 0.207 e. The van der Waals surface area contributed by atoms with Crippen molar-refractivity contribution in [1.29, 1.82) is 0 Å². The number of hydrogen-bond acceptors (Lipinski definition) is 5. The van der Waals surface area contributed by atoms with E-state index in [4.69, 9.17) is 22.8 Å². The number of aryl methyl sites for hydroxylation is 1. The quantitative estimate of drug-likeness (QED) is 0.469. The monoisotopic (exact) mass is 386 g/mol. The third-order valence-electron chi connectivity index (χ3n) is 4.04. The number of hydrogen-bond donors (Lipinski definition) is 1. The summed E-state index contributed by atoms with van der Waals surface area (Å²) in [4.78, 5) is 13.0. The van der Waals surface area contributed by atoms with Crippen molar-refractivity contribution in [3.8, 4) is 23.8 Å². The number of fused-ring (bicyclic) bond motifs is 1. The number of rotatable bonds is 4. The zero-order valence-electron chi connectivity index (χ0n) is 15.0. The lowest BCUT2D eigenvalue weighted by molar-refractivity contribution is 0.480. The second-order valence-electron chi connectivity index (χ2n) is 6.06. The summed E-state index contributed by atoms with van der Waals surface area (Å²) >= 11 is 6.40. The van der Waals surface area contributed by atoms with Gasteiger partial charge in [-0.25, -0.2) is 9.97 Å². The van der Waals surface area contributed by atoms with E-state index < -0.39 is 0 Å². The fraction of sp³-hybridized carbons (Fsp3) is 0.0455. The number of benzene rings is 2. The predicted molar refractivity (Wildman–Crippen MR) is 111 cm³/mol. The molecule has 0 aliphatic heterocycles. The van der Waals surface area contributed by atoms with Crippen LogP contribution < -0.4 is 10.1 Å². The van der Waals surface area contributed by atoms with Crippen LogP contribution in [0.1, 0.15) is 11.5 Å². The first-order valence-corrected chi connectivity index (χ1v) is 8.90. The minimum atomic E-state index is 0.319. The second-order valence-corrected chi connectivity index (χ2v) is 6.47. The highest BCUT2D eigenvalue weighted by molar-refractivity contribution is 6.32. The van der Waals surface area contributed by atoms with Crippen molar-refractivity contribution in [2.75, 3.05) is 5.32 Å². The average molecular weight is 387 g/mol. The summed E-state index contributed by atoms with van der Waals surface area (Å²) < 4.78 is 5.80. The van der Waals surface area contributed by atoms with Gasteiger partial charge in [0.25, 0.3) is 0 Å². The zero-order valence-corrected chi connectivity index (χ0v) is 15.7. The van der Waals surface area contributed by atoms with Crippen LogP contribution in [-0.2, 0) is 0 Å². The molecule has 136 valence electrons. The number of terminal acetylenes is 1. The molecule has 4 rings (SSSR count). The molecule has 0 radical (unpaired) electrons. The molecule has 0 unspecified atom stereocenters. The summed E-state index contributed by atoms with van der Waals surface area (Å²) in [7, 11) is 0. The van der Waals surface area contributed by atoms with Gasteiger partial charge in [-0.1, -0.05) is 23.7 Å². The molecule has 2 aromatic heterocycles. The van der Waals surface area contributed by atoms with Gasteiger partial charge in [0.2, 0.25) is 5.82 Å². The summed E-state index contributed by atoms with van der Waals surface area (Å²) in [5.41, 5.74) is 2.44. The summed E-state index contributed by atoms with van der Waals surface area (Å²) in [6.45, 7) is 1.92. The minimum Gasteiger partial charge on any atom is -0.454 e. The van der Waals surface area contributed by atoms with E-state index in [9.17, 15) is 0 Å². The number of ether oxygens (including phenoxy) is 1. The Hall–Kier alpha value is -3.62. The first-order valence-electron chi connectivity index (χ1n) is 8.53. The maximum atomic E-state index is 6.40. The van der Waals surface area contributed by atoms with Crippen molar-refractivity contribution in [2.45, 2.75) is 6.92 Å². The lowest BCUT2D eigenvalue weighted by Gasteiger charge is -2.12. The molecule has 0 atom stereocenters. The highest BCUT2D eigenvalue weighted by atomic mass is 35.5. The van der Waals surface area contributed by atoms with E-state index in [1.165, 1.54) is 0 Å². The molecule has 5 nitrogen and oxygen atoms in total. The Morgan fingerprint density at radius 1 is 1.07 bits per heavy atom. The molecule has 1 N–H and O–H groups in total. The van der Waals surface area contributed by atoms with Gasteiger partial charge in [-0.15, -0.1) is 6.42 Å². The Bertz CT molecular complexity index is 1200. The van der Waals surface area contributed by atoms with Gasteiger partial charge in [-0.3, -0.25) is 4.98 Å². The maximum Gasteiger partial charge on any atom is 0.207 e. The van der Waals surface area contributed by atoms with E-state index in [0.29, 0.717) is 28.2 Å². The first kappa shape index (κ1) is 17.8. The van der Waals surface area contributed by atoms with E-state index in [1.54, 1.807) is 18.3 Å². The van der Waals surface area contributed by atoms with Crippen LogP contribution in [0.5, 0.6) is 11.5 Å². The molecule has 4 aromatic rings. The first-order chi connectivity index (χ1) is 13.6. The Morgan fingerprint density at radius 2 is 1.93 bits per heavy atom. The summed E-state index contributed by atoms with van der Waals surface area (Å²) in [6, 6.07) is 16.8. The van der Waals surface area contributed by atoms with Crippen LogP contribution in [0.3, 0.4) is 0 Å². The van der Waals surface area contributed by atoms with E-state index in [-0.39, 0.29) is 0 Å². The van der Waals surface area contributed by atoms with E-state index in [2.05, 4.69) is 26.2 Å². The topological polar surface area (TPSA) is 59.9 Å². The van der Waals surface area contributed by atoms with Crippen LogP contribution in [-0.4, -0.2) is 15.0 Å². The van der Waals surface area contributed by atoms with Crippen LogP contribution in [0.15, 0.2) is 60.8 Å². The number of pyridine rings is 1. The number of para-hydroxylation sites is 1. The van der Waals surface area contributed by atoms with Crippen molar-refractivity contribution in [1.82, 2.24) is 15.0 Å². The second kappa shape index (κ2) is 7.55. The maximum absolute atomic E-state index is 6.40. The van der Waals surface area contributed by atoms with Crippen molar-refractivity contribution >= 4 is 34.0 Å². The van der Waals surface area contributed by atoms with Gasteiger partial charge in [0.05, 0.1) is 16.7 Å². The summed E-state index contributed by atoms with van der Waals surface area (Å²) in [5, 5.41) is 4.59. The SMILES string of the molecule is C#Cc1nc(Nc2ccc(Oc3ccc(C)nc3)c(Cl)c2)c2ccccc2n1. The molecule has 2 heterocycles. The third-order valence-corrected chi connectivity index (χ3v) is 4.33. The molecule has 6 heteroatoms. The largest absolute Gasteiger partial charge is 0.454 e. The molecule has 0 fully saturated rings. The Kier molecular flexibility index (Phi) is 4.79. The number of aromatic nitrogens is 3. The van der Waals surface area contributed by atoms with Crippen LogP contribution >= 0.6 is 11.6 Å². The third kappa shape index (κ3) is 3.73. The number of nitrogens with one attached hydrogen (secondary N) is 1. The van der Waals surface area contributed by atoms with Gasteiger partial charge in [0.15, 0.2) is 0 Å². The van der Waals surface area contributed by atoms with E-state index in [0.717, 1.165) is 22.3 Å². The van der Waals surface area contributed by atoms with Crippen LogP contribution in [0.2, 0.25) is 5.02 Å². The molecular weight excluding hydrogens is 372 g/mol. The van der Waals surface area contributed by atoms with E-state index >= 15 is 0 Å². The Morgan fingerprint density at radius 3 is 2.68 bits per heavy atom. The predicted octanol–water partition coefficient (Wildman–Crippen LogP) is 5.50. The van der Waals surface area contributed by atoms with Gasteiger partial charge in [0.1, 0.15) is 17.3 Å². The van der Waals surface area contributed by atoms with Crippen molar-refractivity contribution in [3.05, 3.63) is 77.3 Å². The van der Waals surface area contributed by atoms with Crippen molar-refractivity contribution in [2.24, 2.45) is 0 Å². The molecule has 28 heavy (non-hydrogen) atoms. The molecule has 2 aromatic carbocycles. The molecule has 0 saturated heterocycles. The van der Waals surface area contributed by atoms with Gasteiger partial charge in [0, 0.05) is 16.8 Å². The lowest BCUT2D eigenvalue weighted by atomic mass is 10.2. The highest BCUT2D eigenvalue weighted by Crippen LogP contribution is 2.33. The van der Waals surface area contributed by atoms with Crippen LogP contribution in [0.25, 0.3) is 10.9 Å². The Balaban J connectivity index is 1.63. The van der Waals surface area contributed by atoms with Crippen molar-refractivity contribution < 1.29 is 4.74 Å². The number of nitrogens with zero attached hydrogens (tertiary/aromatic N) is 3. The molecule has 0 amide bonds. The average Bonchev–Trinajstić information content (AvgIpc) is 2.71. The van der Waals surface area contributed by atoms with Gasteiger partial charge in [-0.2, -0.15) is 0 Å². The van der Waals surface area contributed by atoms with Crippen LogP contribution in [0.4, 0.5) is 11.5 Å². The standard InChI is InChI=1S/C22H15ClN4O/c1-3-21-26-19-7-5-4-6-17(19)22(27-21)25-15-9-11-20(18(23)12-15)28-16-10-8-14(2)24-13-16/h1,4-13H,2H3,(H,25,26,27). The van der Waals surface area contributed by atoms with Crippen molar-refractivity contribution in [3.63, 3.8) is 0 Å². The summed E-state index contributed by atoms with van der Waals surface area (Å²) in [5.74, 6) is 4.57. The molecular formula is C22H15ClN4O. The molecule has 0 bridgehead atoms. The molecule has 0 aliphatic carbocycles.